The summed E-state index contributed by atoms with van der Waals surface area (Å²) < 4.78 is 0. The average molecular weight is 146 g/mol. The zero-order valence-electron chi connectivity index (χ0n) is 6.03. The lowest BCUT2D eigenvalue weighted by molar-refractivity contribution is 0.111. The number of nitrogens with zero attached hydrogens (tertiary/aromatic N) is 2. The number of hydrogen-bond acceptors (Lipinski definition) is 3. The zero-order chi connectivity index (χ0) is 8.27. The van der Waals surface area contributed by atoms with E-state index >= 15 is 0 Å². The van der Waals surface area contributed by atoms with E-state index < -0.39 is 0 Å². The van der Waals surface area contributed by atoms with E-state index in [1.807, 2.05) is 6.07 Å². The van der Waals surface area contributed by atoms with Crippen LogP contribution in [0.1, 0.15) is 21.7 Å². The molecule has 0 aliphatic carbocycles. The third-order valence-corrected chi connectivity index (χ3v) is 1.30. The minimum Gasteiger partial charge on any atom is -0.296 e. The smallest absolute Gasteiger partial charge is 0.169 e. The fourth-order valence-corrected chi connectivity index (χ4v) is 0.761. The fraction of sp³-hybridized carbons (Fsp3) is 0.125. The van der Waals surface area contributed by atoms with Crippen molar-refractivity contribution in [2.75, 3.05) is 0 Å². The van der Waals surface area contributed by atoms with Gasteiger partial charge in [-0.2, -0.15) is 5.26 Å². The van der Waals surface area contributed by atoms with Crippen LogP contribution in [-0.2, 0) is 0 Å². The summed E-state index contributed by atoms with van der Waals surface area (Å²) >= 11 is 0. The third-order valence-electron chi connectivity index (χ3n) is 1.30. The second-order valence-corrected chi connectivity index (χ2v) is 2.12. The molecule has 0 aliphatic heterocycles. The number of aldehydes is 1. The van der Waals surface area contributed by atoms with Gasteiger partial charge in [0.05, 0.1) is 5.56 Å². The van der Waals surface area contributed by atoms with Crippen molar-refractivity contribution >= 4 is 6.29 Å². The molecule has 0 aliphatic rings. The van der Waals surface area contributed by atoms with Crippen molar-refractivity contribution in [2.24, 2.45) is 0 Å². The first-order valence-electron chi connectivity index (χ1n) is 3.11. The Labute approximate surface area is 64.3 Å². The molecule has 3 heteroatoms. The van der Waals surface area contributed by atoms with Gasteiger partial charge in [-0.1, -0.05) is 0 Å². The summed E-state index contributed by atoms with van der Waals surface area (Å²) in [4.78, 5) is 14.2. The van der Waals surface area contributed by atoms with E-state index in [0.29, 0.717) is 11.8 Å². The topological polar surface area (TPSA) is 53.8 Å². The van der Waals surface area contributed by atoms with Gasteiger partial charge in [0.1, 0.15) is 11.8 Å². The van der Waals surface area contributed by atoms with E-state index in [9.17, 15) is 4.79 Å². The molecule has 0 atom stereocenters. The molecule has 0 radical (unpaired) electrons. The van der Waals surface area contributed by atoms with Crippen LogP contribution in [0.3, 0.4) is 0 Å². The van der Waals surface area contributed by atoms with E-state index in [1.54, 1.807) is 19.1 Å². The van der Waals surface area contributed by atoms with Crippen LogP contribution in [-0.4, -0.2) is 11.3 Å². The number of rotatable bonds is 1. The normalized spacial score (nSPS) is 8.73. The second kappa shape index (κ2) is 2.93. The van der Waals surface area contributed by atoms with Crippen LogP contribution in [0.4, 0.5) is 0 Å². The molecular weight excluding hydrogens is 140 g/mol. The maximum Gasteiger partial charge on any atom is 0.169 e. The average Bonchev–Trinajstić information content (AvgIpc) is 2.04. The zero-order valence-corrected chi connectivity index (χ0v) is 6.03. The van der Waals surface area contributed by atoms with Gasteiger partial charge < -0.3 is 0 Å². The van der Waals surface area contributed by atoms with Crippen LogP contribution in [0.25, 0.3) is 0 Å². The van der Waals surface area contributed by atoms with Crippen molar-refractivity contribution in [3.8, 4) is 6.07 Å². The third kappa shape index (κ3) is 1.41. The molecule has 1 aromatic rings. The molecule has 0 amide bonds. The van der Waals surface area contributed by atoms with Gasteiger partial charge in [0.25, 0.3) is 0 Å². The highest BCUT2D eigenvalue weighted by atomic mass is 16.1. The summed E-state index contributed by atoms with van der Waals surface area (Å²) in [6.07, 6.45) is 0.589. The van der Waals surface area contributed by atoms with Gasteiger partial charge in [-0.25, -0.2) is 4.98 Å². The molecule has 1 heterocycles. The van der Waals surface area contributed by atoms with Crippen molar-refractivity contribution in [3.63, 3.8) is 0 Å². The highest BCUT2D eigenvalue weighted by molar-refractivity contribution is 5.76. The first-order chi connectivity index (χ1) is 5.27. The Morgan fingerprint density at radius 1 is 1.64 bits per heavy atom. The number of nitriles is 1. The molecule has 3 nitrogen and oxygen atoms in total. The Balaban J connectivity index is 3.30. The van der Waals surface area contributed by atoms with E-state index in [4.69, 9.17) is 5.26 Å². The fourth-order valence-electron chi connectivity index (χ4n) is 0.761. The van der Waals surface area contributed by atoms with E-state index in [2.05, 4.69) is 4.98 Å². The first kappa shape index (κ1) is 7.42. The Morgan fingerprint density at radius 3 is 2.91 bits per heavy atom. The summed E-state index contributed by atoms with van der Waals surface area (Å²) in [5, 5.41) is 8.49. The maximum atomic E-state index is 10.3. The van der Waals surface area contributed by atoms with Gasteiger partial charge in [0.2, 0.25) is 0 Å². The minimum atomic E-state index is 0.215. The number of carbonyl (C=O) groups excluding carboxylic acids is 1. The molecule has 0 spiro atoms. The van der Waals surface area contributed by atoms with Gasteiger partial charge in [0, 0.05) is 5.69 Å². The number of aromatic nitrogens is 1. The van der Waals surface area contributed by atoms with Gasteiger partial charge >= 0.3 is 0 Å². The highest BCUT2D eigenvalue weighted by Gasteiger charge is 2.00. The van der Waals surface area contributed by atoms with Crippen molar-refractivity contribution in [3.05, 3.63) is 29.1 Å². The highest BCUT2D eigenvalue weighted by Crippen LogP contribution is 2.02. The number of carbonyl (C=O) groups is 1. The number of aryl methyl sites for hydroxylation is 1. The molecule has 54 valence electrons. The Kier molecular flexibility index (Phi) is 1.98. The molecule has 0 fully saturated rings. The quantitative estimate of drug-likeness (QED) is 0.557. The molecule has 0 unspecified atom stereocenters. The van der Waals surface area contributed by atoms with Crippen molar-refractivity contribution in [1.29, 1.82) is 5.26 Å². The van der Waals surface area contributed by atoms with Gasteiger partial charge in [-0.3, -0.25) is 4.79 Å². The van der Waals surface area contributed by atoms with E-state index in [1.165, 1.54) is 0 Å². The molecule has 1 aromatic heterocycles. The molecule has 0 aromatic carbocycles. The SMILES string of the molecule is Cc1ccc(C#N)c(C=O)n1. The largest absolute Gasteiger partial charge is 0.296 e. The molecule has 0 bridgehead atoms. The van der Waals surface area contributed by atoms with Crippen LogP contribution >= 0.6 is 0 Å². The lowest BCUT2D eigenvalue weighted by Gasteiger charge is -1.94. The van der Waals surface area contributed by atoms with Crippen LogP contribution in [0.2, 0.25) is 0 Å². The van der Waals surface area contributed by atoms with Crippen molar-refractivity contribution in [2.45, 2.75) is 6.92 Å². The maximum absolute atomic E-state index is 10.3. The van der Waals surface area contributed by atoms with Gasteiger partial charge in [-0.05, 0) is 19.1 Å². The Bertz CT molecular complexity index is 325. The minimum absolute atomic E-state index is 0.215. The molecule has 11 heavy (non-hydrogen) atoms. The molecular formula is C8H6N2O. The van der Waals surface area contributed by atoms with E-state index in [-0.39, 0.29) is 5.69 Å². The predicted octanol–water partition coefficient (Wildman–Crippen LogP) is 1.07. The van der Waals surface area contributed by atoms with Gasteiger partial charge in [-0.15, -0.1) is 0 Å². The van der Waals surface area contributed by atoms with Gasteiger partial charge in [0.15, 0.2) is 6.29 Å². The Hall–Kier alpha value is -1.69. The van der Waals surface area contributed by atoms with E-state index in [0.717, 1.165) is 5.69 Å². The summed E-state index contributed by atoms with van der Waals surface area (Å²) in [5.74, 6) is 0. The first-order valence-corrected chi connectivity index (χ1v) is 3.11. The second-order valence-electron chi connectivity index (χ2n) is 2.12. The van der Waals surface area contributed by atoms with Crippen LogP contribution in [0.5, 0.6) is 0 Å². The molecule has 1 rings (SSSR count). The predicted molar refractivity (Wildman–Crippen MR) is 39.1 cm³/mol. The molecule has 0 saturated carbocycles. The Morgan fingerprint density at radius 2 is 2.36 bits per heavy atom. The summed E-state index contributed by atoms with van der Waals surface area (Å²) in [6, 6.07) is 5.17. The standard InChI is InChI=1S/C8H6N2O/c1-6-2-3-7(4-9)8(5-11)10-6/h2-3,5H,1H3. The molecule has 0 saturated heterocycles. The summed E-state index contributed by atoms with van der Waals surface area (Å²) in [5.41, 5.74) is 1.28. The lowest BCUT2D eigenvalue weighted by atomic mass is 10.2. The molecule has 0 N–H and O–H groups in total. The van der Waals surface area contributed by atoms with Crippen molar-refractivity contribution < 1.29 is 4.79 Å². The van der Waals surface area contributed by atoms with Crippen LogP contribution in [0, 0.1) is 18.3 Å². The lowest BCUT2D eigenvalue weighted by Crippen LogP contribution is -1.93. The van der Waals surface area contributed by atoms with Crippen LogP contribution < -0.4 is 0 Å². The summed E-state index contributed by atoms with van der Waals surface area (Å²) in [7, 11) is 0. The van der Waals surface area contributed by atoms with Crippen molar-refractivity contribution in [1.82, 2.24) is 4.98 Å². The number of hydrogen-bond donors (Lipinski definition) is 0. The number of pyridine rings is 1. The summed E-state index contributed by atoms with van der Waals surface area (Å²) in [6.45, 7) is 1.77. The van der Waals surface area contributed by atoms with Crippen LogP contribution in [0.15, 0.2) is 12.1 Å². The monoisotopic (exact) mass is 146 g/mol.